The fraction of sp³-hybridized carbons (Fsp3) is 0.486. The first-order valence-corrected chi connectivity index (χ1v) is 15.8. The average Bonchev–Trinajstić information content (AvgIpc) is 2.99. The number of phenols is 1. The maximum atomic E-state index is 11.4. The highest BCUT2D eigenvalue weighted by Crippen LogP contribution is 2.38. The van der Waals surface area contributed by atoms with Crippen LogP contribution in [0.4, 0.5) is 0 Å². The largest absolute Gasteiger partial charge is 0.507 e. The van der Waals surface area contributed by atoms with Gasteiger partial charge in [-0.15, -0.1) is 0 Å². The van der Waals surface area contributed by atoms with Gasteiger partial charge in [-0.1, -0.05) is 69.0 Å². The number of hydrogen-bond donors (Lipinski definition) is 1. The van der Waals surface area contributed by atoms with Gasteiger partial charge in [-0.25, -0.2) is 0 Å². The minimum atomic E-state index is -0.155. The van der Waals surface area contributed by atoms with E-state index in [-0.39, 0.29) is 11.5 Å². The van der Waals surface area contributed by atoms with E-state index >= 15 is 0 Å². The van der Waals surface area contributed by atoms with Crippen LogP contribution in [0.15, 0.2) is 66.7 Å². The minimum Gasteiger partial charge on any atom is -0.507 e. The van der Waals surface area contributed by atoms with Gasteiger partial charge in [-0.05, 0) is 111 Å². The van der Waals surface area contributed by atoms with Gasteiger partial charge >= 0.3 is 0 Å². The summed E-state index contributed by atoms with van der Waals surface area (Å²) in [4.78, 5) is 11.4. The zero-order chi connectivity index (χ0) is 28.9. The van der Waals surface area contributed by atoms with Crippen molar-refractivity contribution >= 4 is 5.78 Å². The summed E-state index contributed by atoms with van der Waals surface area (Å²) in [5.41, 5.74) is 4.32. The third-order valence-corrected chi connectivity index (χ3v) is 8.56. The molecule has 0 atom stereocenters. The highest BCUT2D eigenvalue weighted by Gasteiger charge is 2.22. The Labute approximate surface area is 247 Å². The number of benzene rings is 3. The van der Waals surface area contributed by atoms with Gasteiger partial charge in [0.1, 0.15) is 17.2 Å². The first-order chi connectivity index (χ1) is 20.0. The Hall–Kier alpha value is -3.27. The number of phenolic OH excluding ortho intramolecular Hbond substituents is 1. The van der Waals surface area contributed by atoms with Crippen LogP contribution in [0.25, 0.3) is 11.1 Å². The zero-order valence-corrected chi connectivity index (χ0v) is 25.1. The molecule has 0 aromatic heterocycles. The van der Waals surface area contributed by atoms with Gasteiger partial charge in [0.05, 0.1) is 18.8 Å². The first kappa shape index (κ1) is 30.7. The number of aromatic hydroxyl groups is 1. The van der Waals surface area contributed by atoms with Crippen molar-refractivity contribution in [2.24, 2.45) is 5.92 Å². The quantitative estimate of drug-likeness (QED) is 0.141. The zero-order valence-electron chi connectivity index (χ0n) is 25.1. The van der Waals surface area contributed by atoms with E-state index < -0.39 is 0 Å². The van der Waals surface area contributed by atoms with Gasteiger partial charge in [0.15, 0.2) is 5.78 Å². The third-order valence-electron chi connectivity index (χ3n) is 8.56. The van der Waals surface area contributed by atoms with Gasteiger partial charge in [-0.3, -0.25) is 4.79 Å². The van der Waals surface area contributed by atoms with Crippen molar-refractivity contribution in [1.29, 1.82) is 0 Å². The monoisotopic (exact) mass is 556 g/mol. The summed E-state index contributed by atoms with van der Waals surface area (Å²) in [5.74, 6) is 3.01. The molecule has 0 radical (unpaired) electrons. The van der Waals surface area contributed by atoms with Crippen LogP contribution in [0.5, 0.6) is 17.2 Å². The van der Waals surface area contributed by atoms with Gasteiger partial charge in [0.25, 0.3) is 0 Å². The molecule has 3 aromatic rings. The molecule has 0 spiro atoms. The SMILES string of the molecule is CCCCC[C@H]1CC[C@H](c2ccc(-c3ccc(OCCCCCCOc4ccc(C(C)=O)c(O)c4)cc3)cc2)CC1. The molecule has 0 heterocycles. The number of rotatable bonds is 16. The number of ether oxygens (including phenoxy) is 2. The molecule has 0 amide bonds. The van der Waals surface area contributed by atoms with Gasteiger partial charge in [0.2, 0.25) is 0 Å². The Bertz CT molecular complexity index is 1190. The van der Waals surface area contributed by atoms with E-state index in [1.54, 1.807) is 12.1 Å². The molecule has 41 heavy (non-hydrogen) atoms. The fourth-order valence-electron chi connectivity index (χ4n) is 6.00. The molecule has 1 saturated carbocycles. The molecule has 4 rings (SSSR count). The summed E-state index contributed by atoms with van der Waals surface area (Å²) in [6, 6.07) is 22.6. The molecule has 0 bridgehead atoms. The van der Waals surface area contributed by atoms with E-state index in [4.69, 9.17) is 9.47 Å². The van der Waals surface area contributed by atoms with E-state index in [0.717, 1.165) is 43.3 Å². The molecule has 0 unspecified atom stereocenters. The molecule has 0 aliphatic heterocycles. The molecule has 1 fully saturated rings. The molecular formula is C37H48O4. The molecular weight excluding hydrogens is 508 g/mol. The summed E-state index contributed by atoms with van der Waals surface area (Å²) < 4.78 is 11.7. The molecule has 1 aliphatic carbocycles. The number of carbonyl (C=O) groups is 1. The number of Topliss-reactive ketones (excluding diaryl/α,β-unsaturated/α-hetero) is 1. The number of hydrogen-bond acceptors (Lipinski definition) is 4. The Morgan fingerprint density at radius 1 is 0.732 bits per heavy atom. The standard InChI is InChI=1S/C37H48O4/c1-3-4-7-10-29-11-13-30(14-12-29)31-15-17-32(18-16-31)33-19-21-34(22-20-33)40-25-8-5-6-9-26-41-35-23-24-36(28(2)38)37(39)27-35/h15-24,27,29-30,39H,3-14,25-26H2,1-2H3/t29-,30-. The van der Waals surface area contributed by atoms with Crippen LogP contribution in [-0.4, -0.2) is 24.1 Å². The molecule has 0 saturated heterocycles. The highest BCUT2D eigenvalue weighted by molar-refractivity contribution is 5.96. The Morgan fingerprint density at radius 2 is 1.32 bits per heavy atom. The Kier molecular flexibility index (Phi) is 12.2. The lowest BCUT2D eigenvalue weighted by atomic mass is 9.77. The topological polar surface area (TPSA) is 55.8 Å². The second-order valence-electron chi connectivity index (χ2n) is 11.7. The van der Waals surface area contributed by atoms with Crippen LogP contribution < -0.4 is 9.47 Å². The van der Waals surface area contributed by atoms with Crippen molar-refractivity contribution in [2.45, 2.75) is 96.8 Å². The van der Waals surface area contributed by atoms with Crippen LogP contribution >= 0.6 is 0 Å². The highest BCUT2D eigenvalue weighted by atomic mass is 16.5. The Balaban J connectivity index is 1.10. The molecule has 220 valence electrons. The molecule has 1 N–H and O–H groups in total. The van der Waals surface area contributed by atoms with Crippen LogP contribution in [0.1, 0.15) is 113 Å². The summed E-state index contributed by atoms with van der Waals surface area (Å²) in [5, 5.41) is 9.90. The summed E-state index contributed by atoms with van der Waals surface area (Å²) >= 11 is 0. The molecule has 4 heteroatoms. The maximum absolute atomic E-state index is 11.4. The van der Waals surface area contributed by atoms with Crippen molar-refractivity contribution in [3.8, 4) is 28.4 Å². The molecule has 1 aliphatic rings. The van der Waals surface area contributed by atoms with E-state index in [0.29, 0.717) is 24.5 Å². The third kappa shape index (κ3) is 9.66. The average molecular weight is 557 g/mol. The predicted octanol–water partition coefficient (Wildman–Crippen LogP) is 10.1. The maximum Gasteiger partial charge on any atom is 0.163 e. The predicted molar refractivity (Wildman–Crippen MR) is 168 cm³/mol. The van der Waals surface area contributed by atoms with Crippen LogP contribution in [-0.2, 0) is 0 Å². The lowest BCUT2D eigenvalue weighted by Gasteiger charge is -2.29. The lowest BCUT2D eigenvalue weighted by molar-refractivity contribution is 0.101. The van der Waals surface area contributed by atoms with Crippen molar-refractivity contribution in [2.75, 3.05) is 13.2 Å². The van der Waals surface area contributed by atoms with E-state index in [1.807, 2.05) is 0 Å². The number of ketones is 1. The van der Waals surface area contributed by atoms with Crippen LogP contribution in [0, 0.1) is 5.92 Å². The lowest BCUT2D eigenvalue weighted by Crippen LogP contribution is -2.13. The van der Waals surface area contributed by atoms with Crippen molar-refractivity contribution in [3.05, 3.63) is 77.9 Å². The number of carbonyl (C=O) groups excluding carboxylic acids is 1. The number of unbranched alkanes of at least 4 members (excludes halogenated alkanes) is 5. The van der Waals surface area contributed by atoms with E-state index in [9.17, 15) is 9.90 Å². The van der Waals surface area contributed by atoms with Crippen molar-refractivity contribution in [3.63, 3.8) is 0 Å². The van der Waals surface area contributed by atoms with Gasteiger partial charge in [-0.2, -0.15) is 0 Å². The molecule has 4 nitrogen and oxygen atoms in total. The smallest absolute Gasteiger partial charge is 0.163 e. The summed E-state index contributed by atoms with van der Waals surface area (Å²) in [6.45, 7) is 5.02. The van der Waals surface area contributed by atoms with E-state index in [1.165, 1.54) is 81.0 Å². The second kappa shape index (κ2) is 16.2. The summed E-state index contributed by atoms with van der Waals surface area (Å²) in [7, 11) is 0. The van der Waals surface area contributed by atoms with Crippen molar-refractivity contribution in [1.82, 2.24) is 0 Å². The normalized spacial score (nSPS) is 16.8. The van der Waals surface area contributed by atoms with Crippen LogP contribution in [0.2, 0.25) is 0 Å². The molecule has 3 aromatic carbocycles. The van der Waals surface area contributed by atoms with Crippen LogP contribution in [0.3, 0.4) is 0 Å². The Morgan fingerprint density at radius 3 is 1.90 bits per heavy atom. The fourth-order valence-corrected chi connectivity index (χ4v) is 6.00. The van der Waals surface area contributed by atoms with E-state index in [2.05, 4.69) is 55.5 Å². The minimum absolute atomic E-state index is 0.0289. The second-order valence-corrected chi connectivity index (χ2v) is 11.7. The van der Waals surface area contributed by atoms with Gasteiger partial charge < -0.3 is 14.6 Å². The summed E-state index contributed by atoms with van der Waals surface area (Å²) in [6.07, 6.45) is 15.1. The van der Waals surface area contributed by atoms with Gasteiger partial charge in [0, 0.05) is 6.07 Å². The first-order valence-electron chi connectivity index (χ1n) is 15.8. The van der Waals surface area contributed by atoms with Crippen molar-refractivity contribution < 1.29 is 19.4 Å².